The highest BCUT2D eigenvalue weighted by Crippen LogP contribution is 2.42. The molecular formula is C14H9F5N4S. The van der Waals surface area contributed by atoms with Crippen LogP contribution < -0.4 is 0 Å². The van der Waals surface area contributed by atoms with Crippen molar-refractivity contribution in [3.05, 3.63) is 46.5 Å². The van der Waals surface area contributed by atoms with Crippen LogP contribution in [0.2, 0.25) is 0 Å². The number of aryl methyl sites for hydroxylation is 1. The highest BCUT2D eigenvalue weighted by Gasteiger charge is 2.61. The molecule has 0 saturated heterocycles. The summed E-state index contributed by atoms with van der Waals surface area (Å²) in [5.74, 6) is -6.72. The second-order valence-electron chi connectivity index (χ2n) is 5.02. The highest BCUT2D eigenvalue weighted by atomic mass is 32.1. The Morgan fingerprint density at radius 1 is 1.08 bits per heavy atom. The van der Waals surface area contributed by atoms with Crippen LogP contribution in [0.3, 0.4) is 0 Å². The summed E-state index contributed by atoms with van der Waals surface area (Å²) in [5.41, 5.74) is 0.774. The number of halogens is 5. The standard InChI is InChI=1S/C14H9F5N4S/c1-7-9-10(23(22-7)8-5-3-2-4-6-8)20-12(21-11(9)24)13(15,16)14(17,18)19/h2-6H,1H3,(H,20,21,24). The van der Waals surface area contributed by atoms with Gasteiger partial charge < -0.3 is 4.98 Å². The zero-order chi connectivity index (χ0) is 17.7. The minimum absolute atomic E-state index is 0.0716. The first kappa shape index (κ1) is 16.5. The van der Waals surface area contributed by atoms with E-state index in [1.165, 1.54) is 4.68 Å². The van der Waals surface area contributed by atoms with Gasteiger partial charge in [-0.25, -0.2) is 9.67 Å². The Morgan fingerprint density at radius 3 is 2.29 bits per heavy atom. The van der Waals surface area contributed by atoms with Crippen LogP contribution in [0.15, 0.2) is 30.3 Å². The number of hydrogen-bond donors (Lipinski definition) is 1. The minimum Gasteiger partial charge on any atom is -0.322 e. The molecule has 126 valence electrons. The summed E-state index contributed by atoms with van der Waals surface area (Å²) in [6.45, 7) is 1.56. The molecule has 1 N–H and O–H groups in total. The number of para-hydroxylation sites is 1. The predicted octanol–water partition coefficient (Wildman–Crippen LogP) is 4.44. The van der Waals surface area contributed by atoms with Gasteiger partial charge in [-0.1, -0.05) is 30.4 Å². The van der Waals surface area contributed by atoms with Crippen LogP contribution in [0.25, 0.3) is 16.7 Å². The molecule has 0 atom stereocenters. The monoisotopic (exact) mass is 360 g/mol. The highest BCUT2D eigenvalue weighted by molar-refractivity contribution is 7.71. The molecule has 3 rings (SSSR count). The third-order valence-corrected chi connectivity index (χ3v) is 3.67. The molecule has 2 aromatic heterocycles. The number of hydrogen-bond acceptors (Lipinski definition) is 3. The molecule has 0 fully saturated rings. The molecule has 1 aromatic carbocycles. The molecule has 0 unspecified atom stereocenters. The first-order valence-corrected chi connectivity index (χ1v) is 7.04. The molecule has 3 aromatic rings. The number of aromatic amines is 1. The SMILES string of the molecule is Cc1nn(-c2ccccc2)c2[nH]c(C(F)(F)C(F)(F)F)nc(=S)c12. The Labute approximate surface area is 136 Å². The number of H-pyrrole nitrogens is 1. The molecule has 0 aliphatic heterocycles. The Hall–Kier alpha value is -2.36. The van der Waals surface area contributed by atoms with Gasteiger partial charge in [0, 0.05) is 0 Å². The van der Waals surface area contributed by atoms with E-state index in [1.54, 1.807) is 37.3 Å². The molecule has 10 heteroatoms. The summed E-state index contributed by atoms with van der Waals surface area (Å²) in [6, 6.07) is 8.35. The second kappa shape index (κ2) is 5.33. The number of aromatic nitrogens is 4. The van der Waals surface area contributed by atoms with E-state index in [1.807, 2.05) is 0 Å². The van der Waals surface area contributed by atoms with Crippen molar-refractivity contribution in [3.63, 3.8) is 0 Å². The molecule has 4 nitrogen and oxygen atoms in total. The van der Waals surface area contributed by atoms with E-state index in [0.29, 0.717) is 11.4 Å². The fraction of sp³-hybridized carbons (Fsp3) is 0.214. The Balaban J connectivity index is 2.34. The van der Waals surface area contributed by atoms with Gasteiger partial charge in [0.2, 0.25) is 0 Å². The van der Waals surface area contributed by atoms with Gasteiger partial charge in [-0.15, -0.1) is 0 Å². The first-order chi connectivity index (χ1) is 11.1. The smallest absolute Gasteiger partial charge is 0.322 e. The van der Waals surface area contributed by atoms with Crippen LogP contribution in [0, 0.1) is 11.6 Å². The molecule has 0 aliphatic rings. The molecule has 0 saturated carbocycles. The van der Waals surface area contributed by atoms with Crippen molar-refractivity contribution in [2.24, 2.45) is 0 Å². The summed E-state index contributed by atoms with van der Waals surface area (Å²) in [4.78, 5) is 5.30. The van der Waals surface area contributed by atoms with Crippen LogP contribution in [0.1, 0.15) is 11.5 Å². The molecule has 2 heterocycles. The largest absolute Gasteiger partial charge is 0.461 e. The summed E-state index contributed by atoms with van der Waals surface area (Å²) >= 11 is 4.90. The van der Waals surface area contributed by atoms with Crippen LogP contribution >= 0.6 is 12.2 Å². The fourth-order valence-electron chi connectivity index (χ4n) is 2.24. The van der Waals surface area contributed by atoms with Crippen molar-refractivity contribution in [1.82, 2.24) is 19.7 Å². The number of nitrogens with zero attached hydrogens (tertiary/aromatic N) is 3. The van der Waals surface area contributed by atoms with Gasteiger partial charge in [-0.3, -0.25) is 0 Å². The lowest BCUT2D eigenvalue weighted by Crippen LogP contribution is -2.35. The zero-order valence-corrected chi connectivity index (χ0v) is 12.8. The van der Waals surface area contributed by atoms with Gasteiger partial charge in [0.15, 0.2) is 5.82 Å². The van der Waals surface area contributed by atoms with E-state index in [4.69, 9.17) is 12.2 Å². The minimum atomic E-state index is -5.79. The maximum absolute atomic E-state index is 13.6. The normalized spacial score (nSPS) is 12.8. The van der Waals surface area contributed by atoms with Crippen LogP contribution in [0.5, 0.6) is 0 Å². The van der Waals surface area contributed by atoms with Crippen molar-refractivity contribution >= 4 is 23.3 Å². The molecule has 0 amide bonds. The quantitative estimate of drug-likeness (QED) is 0.543. The first-order valence-electron chi connectivity index (χ1n) is 6.63. The third kappa shape index (κ3) is 2.46. The van der Waals surface area contributed by atoms with Crippen molar-refractivity contribution < 1.29 is 22.0 Å². The van der Waals surface area contributed by atoms with Crippen molar-refractivity contribution in [2.75, 3.05) is 0 Å². The third-order valence-electron chi connectivity index (χ3n) is 3.38. The van der Waals surface area contributed by atoms with E-state index < -0.39 is 17.9 Å². The van der Waals surface area contributed by atoms with Crippen molar-refractivity contribution in [1.29, 1.82) is 0 Å². The lowest BCUT2D eigenvalue weighted by atomic mass is 10.2. The number of benzene rings is 1. The van der Waals surface area contributed by atoms with Gasteiger partial charge in [0.1, 0.15) is 10.3 Å². The van der Waals surface area contributed by atoms with Crippen molar-refractivity contribution in [3.8, 4) is 5.69 Å². The average Bonchev–Trinajstić information content (AvgIpc) is 2.84. The van der Waals surface area contributed by atoms with Gasteiger partial charge in [0.05, 0.1) is 16.8 Å². The van der Waals surface area contributed by atoms with Crippen LogP contribution in [-0.2, 0) is 5.92 Å². The maximum Gasteiger partial charge on any atom is 0.461 e. The summed E-state index contributed by atoms with van der Waals surface area (Å²) in [7, 11) is 0. The molecule has 24 heavy (non-hydrogen) atoms. The summed E-state index contributed by atoms with van der Waals surface area (Å²) in [5, 5.41) is 4.38. The molecule has 0 bridgehead atoms. The summed E-state index contributed by atoms with van der Waals surface area (Å²) in [6.07, 6.45) is -5.79. The number of alkyl halides is 5. The van der Waals surface area contributed by atoms with E-state index in [2.05, 4.69) is 15.1 Å². The second-order valence-corrected chi connectivity index (χ2v) is 5.41. The van der Waals surface area contributed by atoms with Gasteiger partial charge in [0.25, 0.3) is 0 Å². The van der Waals surface area contributed by atoms with Gasteiger partial charge >= 0.3 is 12.1 Å². The van der Waals surface area contributed by atoms with E-state index >= 15 is 0 Å². The molecular weight excluding hydrogens is 351 g/mol. The van der Waals surface area contributed by atoms with Gasteiger partial charge in [-0.05, 0) is 19.1 Å². The lowest BCUT2D eigenvalue weighted by Gasteiger charge is -2.18. The Bertz CT molecular complexity index is 959. The lowest BCUT2D eigenvalue weighted by molar-refractivity contribution is -0.292. The number of rotatable bonds is 2. The van der Waals surface area contributed by atoms with Crippen LogP contribution in [-0.4, -0.2) is 25.9 Å². The fourth-order valence-corrected chi connectivity index (χ4v) is 2.57. The van der Waals surface area contributed by atoms with E-state index in [-0.39, 0.29) is 15.7 Å². The average molecular weight is 360 g/mol. The summed E-state index contributed by atoms with van der Waals surface area (Å²) < 4.78 is 65.9. The Kier molecular flexibility index (Phi) is 3.67. The molecule has 0 radical (unpaired) electrons. The molecule has 0 spiro atoms. The van der Waals surface area contributed by atoms with E-state index in [0.717, 1.165) is 0 Å². The number of fused-ring (bicyclic) bond motifs is 1. The predicted molar refractivity (Wildman–Crippen MR) is 78.7 cm³/mol. The van der Waals surface area contributed by atoms with E-state index in [9.17, 15) is 22.0 Å². The Morgan fingerprint density at radius 2 is 1.71 bits per heavy atom. The number of nitrogens with one attached hydrogen (secondary N) is 1. The van der Waals surface area contributed by atoms with Gasteiger partial charge in [-0.2, -0.15) is 27.1 Å². The maximum atomic E-state index is 13.6. The zero-order valence-electron chi connectivity index (χ0n) is 12.0. The topological polar surface area (TPSA) is 46.5 Å². The van der Waals surface area contributed by atoms with Crippen molar-refractivity contribution in [2.45, 2.75) is 19.0 Å². The molecule has 0 aliphatic carbocycles. The van der Waals surface area contributed by atoms with Crippen LogP contribution in [0.4, 0.5) is 22.0 Å².